The lowest BCUT2D eigenvalue weighted by molar-refractivity contribution is 0.600. The van der Waals surface area contributed by atoms with Gasteiger partial charge in [-0.1, -0.05) is 0 Å². The fraction of sp³-hybridized carbons (Fsp3) is 0.333. The Bertz CT molecular complexity index is 475. The Balaban J connectivity index is 2.83. The van der Waals surface area contributed by atoms with Gasteiger partial charge in [0.05, 0.1) is 5.69 Å². The highest BCUT2D eigenvalue weighted by Gasteiger charge is 2.13. The minimum atomic E-state index is 0.309. The minimum absolute atomic E-state index is 0.309. The van der Waals surface area contributed by atoms with Crippen molar-refractivity contribution in [3.05, 3.63) is 17.0 Å². The highest BCUT2D eigenvalue weighted by atomic mass is 79.9. The van der Waals surface area contributed by atoms with Crippen molar-refractivity contribution >= 4 is 32.8 Å². The molecule has 0 radical (unpaired) electrons. The molecule has 2 aromatic heterocycles. The molecule has 2 rings (SSSR count). The molecule has 0 amide bonds. The molecular formula is C9H11BrN4. The summed E-state index contributed by atoms with van der Waals surface area (Å²) in [5.41, 5.74) is 8.05. The average molecular weight is 255 g/mol. The molecule has 0 spiro atoms. The van der Waals surface area contributed by atoms with Crippen molar-refractivity contribution in [2.24, 2.45) is 0 Å². The van der Waals surface area contributed by atoms with Crippen LogP contribution >= 0.6 is 15.9 Å². The Morgan fingerprint density at radius 3 is 2.86 bits per heavy atom. The predicted octanol–water partition coefficient (Wildman–Crippen LogP) is 2.36. The average Bonchev–Trinajstić information content (AvgIpc) is 2.42. The Hall–Kier alpha value is -1.10. The normalized spacial score (nSPS) is 11.4. The number of rotatable bonds is 1. The van der Waals surface area contributed by atoms with Crippen LogP contribution in [-0.4, -0.2) is 14.5 Å². The smallest absolute Gasteiger partial charge is 0.179 e. The second-order valence-corrected chi connectivity index (χ2v) is 4.13. The summed E-state index contributed by atoms with van der Waals surface area (Å²) < 4.78 is 2.78. The number of nitrogens with two attached hydrogens (primary N) is 1. The Morgan fingerprint density at radius 1 is 1.50 bits per heavy atom. The number of nitrogen functional groups attached to an aromatic ring is 1. The van der Waals surface area contributed by atoms with Crippen molar-refractivity contribution in [2.75, 3.05) is 5.73 Å². The SMILES string of the molecule is CC(C)n1c(Br)nc2c(N)ccnc21. The first-order valence-electron chi connectivity index (χ1n) is 4.39. The second-order valence-electron chi connectivity index (χ2n) is 3.42. The third-order valence-corrected chi connectivity index (χ3v) is 2.64. The van der Waals surface area contributed by atoms with Crippen LogP contribution in [0.5, 0.6) is 0 Å². The third-order valence-electron chi connectivity index (χ3n) is 2.08. The van der Waals surface area contributed by atoms with Crippen molar-refractivity contribution in [1.82, 2.24) is 14.5 Å². The van der Waals surface area contributed by atoms with Crippen LogP contribution in [-0.2, 0) is 0 Å². The molecule has 0 aliphatic rings. The summed E-state index contributed by atoms with van der Waals surface area (Å²) in [6.07, 6.45) is 1.70. The van der Waals surface area contributed by atoms with Crippen LogP contribution in [0.25, 0.3) is 11.2 Å². The largest absolute Gasteiger partial charge is 0.397 e. The number of pyridine rings is 1. The first-order chi connectivity index (χ1) is 6.61. The van der Waals surface area contributed by atoms with Gasteiger partial charge in [-0.3, -0.25) is 0 Å². The molecule has 2 N–H and O–H groups in total. The van der Waals surface area contributed by atoms with E-state index in [-0.39, 0.29) is 0 Å². The van der Waals surface area contributed by atoms with E-state index in [2.05, 4.69) is 39.7 Å². The fourth-order valence-electron chi connectivity index (χ4n) is 1.44. The summed E-state index contributed by atoms with van der Waals surface area (Å²) in [5, 5.41) is 0. The van der Waals surface area contributed by atoms with Crippen molar-refractivity contribution in [1.29, 1.82) is 0 Å². The Morgan fingerprint density at radius 2 is 2.21 bits per heavy atom. The molecule has 5 heteroatoms. The van der Waals surface area contributed by atoms with Crippen LogP contribution < -0.4 is 5.73 Å². The van der Waals surface area contributed by atoms with E-state index in [1.807, 2.05) is 4.57 Å². The number of imidazole rings is 1. The van der Waals surface area contributed by atoms with E-state index in [9.17, 15) is 0 Å². The Kier molecular flexibility index (Phi) is 2.19. The zero-order valence-corrected chi connectivity index (χ0v) is 9.62. The molecule has 2 aromatic rings. The fourth-order valence-corrected chi connectivity index (χ4v) is 2.19. The van der Waals surface area contributed by atoms with Gasteiger partial charge in [-0.2, -0.15) is 0 Å². The molecule has 4 nitrogen and oxygen atoms in total. The van der Waals surface area contributed by atoms with Crippen molar-refractivity contribution in [2.45, 2.75) is 19.9 Å². The molecule has 2 heterocycles. The summed E-state index contributed by atoms with van der Waals surface area (Å²) >= 11 is 3.40. The standard InChI is InChI=1S/C9H11BrN4/c1-5(2)14-8-7(13-9(14)10)6(11)3-4-12-8/h3-5H,1-2H3,(H2,11,12). The van der Waals surface area contributed by atoms with Crippen LogP contribution in [0.1, 0.15) is 19.9 Å². The van der Waals surface area contributed by atoms with Crippen LogP contribution in [0.4, 0.5) is 5.69 Å². The van der Waals surface area contributed by atoms with Gasteiger partial charge < -0.3 is 10.3 Å². The van der Waals surface area contributed by atoms with Gasteiger partial charge in [-0.05, 0) is 35.8 Å². The van der Waals surface area contributed by atoms with E-state index >= 15 is 0 Å². The molecule has 0 aliphatic carbocycles. The van der Waals surface area contributed by atoms with Gasteiger partial charge >= 0.3 is 0 Å². The molecule has 74 valence electrons. The molecule has 14 heavy (non-hydrogen) atoms. The first kappa shape index (κ1) is 9.45. The maximum Gasteiger partial charge on any atom is 0.179 e. The van der Waals surface area contributed by atoms with Crippen molar-refractivity contribution in [3.8, 4) is 0 Å². The van der Waals surface area contributed by atoms with Crippen LogP contribution in [0.2, 0.25) is 0 Å². The van der Waals surface area contributed by atoms with E-state index in [0.29, 0.717) is 11.7 Å². The van der Waals surface area contributed by atoms with Gasteiger partial charge in [0.15, 0.2) is 10.4 Å². The zero-order valence-electron chi connectivity index (χ0n) is 8.03. The zero-order chi connectivity index (χ0) is 10.3. The monoisotopic (exact) mass is 254 g/mol. The lowest BCUT2D eigenvalue weighted by Gasteiger charge is -2.08. The van der Waals surface area contributed by atoms with E-state index in [1.165, 1.54) is 0 Å². The quantitative estimate of drug-likeness (QED) is 0.850. The molecular weight excluding hydrogens is 244 g/mol. The summed E-state index contributed by atoms with van der Waals surface area (Å²) in [5.74, 6) is 0. The summed E-state index contributed by atoms with van der Waals surface area (Å²) in [4.78, 5) is 8.60. The highest BCUT2D eigenvalue weighted by Crippen LogP contribution is 2.25. The molecule has 0 saturated heterocycles. The topological polar surface area (TPSA) is 56.7 Å². The number of anilines is 1. The predicted molar refractivity (Wildman–Crippen MR) is 60.0 cm³/mol. The second kappa shape index (κ2) is 3.24. The van der Waals surface area contributed by atoms with Gasteiger partial charge in [0.1, 0.15) is 5.52 Å². The van der Waals surface area contributed by atoms with Crippen LogP contribution in [0.15, 0.2) is 17.0 Å². The van der Waals surface area contributed by atoms with Gasteiger partial charge in [0.2, 0.25) is 0 Å². The maximum absolute atomic E-state index is 5.80. The number of hydrogen-bond acceptors (Lipinski definition) is 3. The number of halogens is 1. The maximum atomic E-state index is 5.80. The van der Waals surface area contributed by atoms with Crippen LogP contribution in [0, 0.1) is 0 Å². The first-order valence-corrected chi connectivity index (χ1v) is 5.18. The Labute approximate surface area is 90.3 Å². The lowest BCUT2D eigenvalue weighted by Crippen LogP contribution is -2.01. The molecule has 0 aliphatic heterocycles. The number of hydrogen-bond donors (Lipinski definition) is 1. The molecule has 0 fully saturated rings. The molecule has 0 atom stereocenters. The molecule has 0 saturated carbocycles. The number of fused-ring (bicyclic) bond motifs is 1. The highest BCUT2D eigenvalue weighted by molar-refractivity contribution is 9.10. The number of nitrogens with zero attached hydrogens (tertiary/aromatic N) is 3. The van der Waals surface area contributed by atoms with Crippen molar-refractivity contribution in [3.63, 3.8) is 0 Å². The van der Waals surface area contributed by atoms with E-state index < -0.39 is 0 Å². The number of aromatic nitrogens is 3. The molecule has 0 unspecified atom stereocenters. The van der Waals surface area contributed by atoms with Gasteiger partial charge in [0.25, 0.3) is 0 Å². The summed E-state index contributed by atoms with van der Waals surface area (Å²) in [6.45, 7) is 4.16. The minimum Gasteiger partial charge on any atom is -0.397 e. The van der Waals surface area contributed by atoms with Gasteiger partial charge in [-0.15, -0.1) is 0 Å². The van der Waals surface area contributed by atoms with Gasteiger partial charge in [-0.25, -0.2) is 9.97 Å². The van der Waals surface area contributed by atoms with Gasteiger partial charge in [0, 0.05) is 12.2 Å². The third kappa shape index (κ3) is 1.28. The summed E-state index contributed by atoms with van der Waals surface area (Å²) in [6, 6.07) is 2.07. The summed E-state index contributed by atoms with van der Waals surface area (Å²) in [7, 11) is 0. The molecule has 0 bridgehead atoms. The van der Waals surface area contributed by atoms with Crippen molar-refractivity contribution < 1.29 is 0 Å². The van der Waals surface area contributed by atoms with E-state index in [0.717, 1.165) is 15.9 Å². The lowest BCUT2D eigenvalue weighted by atomic mass is 10.3. The van der Waals surface area contributed by atoms with E-state index in [4.69, 9.17) is 5.73 Å². The molecule has 0 aromatic carbocycles. The van der Waals surface area contributed by atoms with Crippen LogP contribution in [0.3, 0.4) is 0 Å². The van der Waals surface area contributed by atoms with E-state index in [1.54, 1.807) is 12.3 Å².